The first-order chi connectivity index (χ1) is 43.3. The molecule has 0 radical (unpaired) electrons. The number of carbonyl (C=O) groups excluding carboxylic acids is 6. The third kappa shape index (κ3) is 16.6. The van der Waals surface area contributed by atoms with E-state index in [9.17, 15) is 33.8 Å². The number of esters is 2. The molecule has 488 valence electrons. The Bertz CT molecular complexity index is 3510. The second-order valence-electron chi connectivity index (χ2n) is 26.7. The summed E-state index contributed by atoms with van der Waals surface area (Å²) in [6.07, 6.45) is 11.9. The minimum absolute atomic E-state index is 0.0175. The number of amides is 4. The first-order valence-electron chi connectivity index (χ1n) is 32.4. The first-order valence-corrected chi connectivity index (χ1v) is 32.4. The average molecular weight is 1250 g/mol. The van der Waals surface area contributed by atoms with Crippen molar-refractivity contribution >= 4 is 54.0 Å². The second-order valence-corrected chi connectivity index (χ2v) is 26.7. The minimum Gasteiger partial charge on any atom is -0.441 e. The molecule has 4 aliphatic carbocycles. The number of aryl methyl sites for hydroxylation is 2. The summed E-state index contributed by atoms with van der Waals surface area (Å²) in [5.74, 6) is 0.0536. The summed E-state index contributed by atoms with van der Waals surface area (Å²) in [4.78, 5) is 79.5. The predicted molar refractivity (Wildman–Crippen MR) is 348 cm³/mol. The molecule has 0 aliphatic heterocycles. The summed E-state index contributed by atoms with van der Waals surface area (Å²) in [6, 6.07) is 16.0. The Hall–Kier alpha value is -7.96. The van der Waals surface area contributed by atoms with Gasteiger partial charge in [-0.2, -0.15) is 20.4 Å². The van der Waals surface area contributed by atoms with Crippen molar-refractivity contribution in [1.29, 1.82) is 0 Å². The Morgan fingerprint density at radius 2 is 0.912 bits per heavy atom. The fourth-order valence-corrected chi connectivity index (χ4v) is 12.6. The van der Waals surface area contributed by atoms with Gasteiger partial charge in [-0.1, -0.05) is 52.0 Å². The van der Waals surface area contributed by atoms with Crippen LogP contribution in [0.1, 0.15) is 163 Å². The number of anilines is 2. The summed E-state index contributed by atoms with van der Waals surface area (Å²) in [5.41, 5.74) is 15.0. The van der Waals surface area contributed by atoms with Crippen molar-refractivity contribution in [3.05, 3.63) is 107 Å². The zero-order chi connectivity index (χ0) is 65.7. The van der Waals surface area contributed by atoms with Gasteiger partial charge in [0.15, 0.2) is 13.5 Å². The highest BCUT2D eigenvalue weighted by atomic mass is 16.5. The van der Waals surface area contributed by atoms with Crippen LogP contribution in [0.3, 0.4) is 0 Å². The molecule has 91 heavy (non-hydrogen) atoms. The van der Waals surface area contributed by atoms with Gasteiger partial charge in [0.1, 0.15) is 35.6 Å². The van der Waals surface area contributed by atoms with Crippen LogP contribution in [0.5, 0.6) is 0 Å². The van der Waals surface area contributed by atoms with Gasteiger partial charge in [0, 0.05) is 58.4 Å². The Labute approximate surface area is 534 Å². The zero-order valence-electron chi connectivity index (χ0n) is 55.0. The van der Waals surface area contributed by atoms with Crippen LogP contribution in [0, 0.1) is 75.0 Å². The maximum Gasteiger partial charge on any atom is 0.374 e. The number of ether oxygens (including phenoxy) is 2. The van der Waals surface area contributed by atoms with E-state index in [-0.39, 0.29) is 72.8 Å². The van der Waals surface area contributed by atoms with Crippen molar-refractivity contribution in [2.45, 2.75) is 191 Å². The van der Waals surface area contributed by atoms with Gasteiger partial charge in [-0.15, -0.1) is 0 Å². The van der Waals surface area contributed by atoms with Gasteiger partial charge in [0.05, 0.1) is 11.4 Å². The van der Waals surface area contributed by atoms with Crippen LogP contribution in [-0.2, 0) is 42.1 Å². The van der Waals surface area contributed by atoms with Crippen LogP contribution in [0.4, 0.5) is 11.4 Å². The number of nitrogens with two attached hydrogens (primary N) is 1. The van der Waals surface area contributed by atoms with Crippen LogP contribution in [0.25, 0.3) is 22.3 Å². The molecule has 10 rings (SSSR count). The highest BCUT2D eigenvalue weighted by Gasteiger charge is 2.50. The number of carbonyl (C=O) groups is 6. The summed E-state index contributed by atoms with van der Waals surface area (Å²) >= 11 is 0. The van der Waals surface area contributed by atoms with Gasteiger partial charge in [0.25, 0.3) is 11.8 Å². The fraction of sp³-hybridized carbons (Fsp3) is 0.552. The van der Waals surface area contributed by atoms with Crippen LogP contribution in [-0.4, -0.2) is 111 Å². The van der Waals surface area contributed by atoms with E-state index in [4.69, 9.17) is 15.2 Å². The maximum atomic E-state index is 13.9. The standard InChI is InChI=1S/C34H48BN7O5.C33H45N7O4/c1-19(2)30(39-35(7)46)34(45)47-18-41-22(6)28(21(5)40-41)23-12-14-26(15-13-23)37-33(44)31(29(24-8-9-24)25-10-11-25)38-32(43)27-16-17-36-42(27)20(3)4;1-18(2)29(34)33(43)44-17-39-21(6)27(20(5)38-39)22-11-13-25(14-12-22)36-32(42)30(28(23-7-8-23)24-9-10-24)37-31(41)26-15-16-35-40(26)19(3)4/h12-17,19-20,24-25,29-31,39,46H,8-11,18H2,1-7H3,(H,37,44)(H,38,43);11-16,18-19,23-24,28-30H,7-10,17,34H2,1-6H3,(H,36,42)(H,37,41)/t30-,31-;29-,30-/m00/s1. The number of hydrogen-bond acceptors (Lipinski definition) is 15. The Balaban J connectivity index is 0.000000216. The molecule has 0 unspecified atom stereocenters. The SMILES string of the molecule is CB(O)N[C@H](C(=O)OCn1nc(C)c(-c2ccc(NC(=O)[C@@H](NC(=O)c3ccnn3C(C)C)C(C3CC3)C3CC3)cc2)c1C)C(C)C.Cc1nn(COC(=O)[C@@H](N)C(C)C)c(C)c1-c1ccc(NC(=O)[C@@H](NC(=O)c2ccnn2C(C)C)C(C2CC2)C2CC2)cc1. The van der Waals surface area contributed by atoms with Crippen molar-refractivity contribution in [3.63, 3.8) is 0 Å². The van der Waals surface area contributed by atoms with Crippen LogP contribution in [0.15, 0.2) is 73.1 Å². The molecule has 23 nitrogen and oxygen atoms in total. The number of aromatic nitrogens is 8. The Kier molecular flexibility index (Phi) is 21.6. The van der Waals surface area contributed by atoms with E-state index >= 15 is 0 Å². The number of nitrogens with zero attached hydrogens (tertiary/aromatic N) is 8. The van der Waals surface area contributed by atoms with Crippen molar-refractivity contribution in [2.75, 3.05) is 10.6 Å². The molecular formula is C67H93BN14O9. The van der Waals surface area contributed by atoms with Gasteiger partial charge < -0.3 is 46.7 Å². The minimum atomic E-state index is -0.842. The summed E-state index contributed by atoms with van der Waals surface area (Å²) in [6.45, 7) is 24.5. The number of rotatable bonds is 28. The Morgan fingerprint density at radius 3 is 1.23 bits per heavy atom. The van der Waals surface area contributed by atoms with E-state index < -0.39 is 43.2 Å². The lowest BCUT2D eigenvalue weighted by Crippen LogP contribution is -2.50. The molecule has 4 aliphatic rings. The normalized spacial score (nSPS) is 16.1. The summed E-state index contributed by atoms with van der Waals surface area (Å²) in [7, 11) is -0.842. The van der Waals surface area contributed by atoms with E-state index in [1.807, 2.05) is 132 Å². The predicted octanol–water partition coefficient (Wildman–Crippen LogP) is 8.94. The van der Waals surface area contributed by atoms with Crippen molar-refractivity contribution in [2.24, 2.45) is 53.1 Å². The highest BCUT2D eigenvalue weighted by Crippen LogP contribution is 2.52. The molecule has 4 fully saturated rings. The van der Waals surface area contributed by atoms with Gasteiger partial charge in [0.2, 0.25) is 11.8 Å². The number of hydrogen-bond donors (Lipinski definition) is 7. The van der Waals surface area contributed by atoms with Gasteiger partial charge in [-0.05, 0) is 208 Å². The molecule has 24 heteroatoms. The molecule has 0 spiro atoms. The Morgan fingerprint density at radius 1 is 0.549 bits per heavy atom. The van der Waals surface area contributed by atoms with Crippen molar-refractivity contribution < 1.29 is 43.3 Å². The lowest BCUT2D eigenvalue weighted by atomic mass is 9.85. The summed E-state index contributed by atoms with van der Waals surface area (Å²) in [5, 5.41) is 42.7. The number of benzene rings is 2. The lowest BCUT2D eigenvalue weighted by Gasteiger charge is -2.28. The van der Waals surface area contributed by atoms with E-state index in [2.05, 4.69) is 46.9 Å². The van der Waals surface area contributed by atoms with Crippen molar-refractivity contribution in [3.8, 4) is 22.3 Å². The maximum absolute atomic E-state index is 13.9. The average Bonchev–Trinajstić information content (AvgIpc) is 1.73. The molecule has 4 aromatic heterocycles. The number of nitrogens with one attached hydrogen (secondary N) is 5. The molecule has 4 amide bonds. The molecule has 8 N–H and O–H groups in total. The molecule has 4 saturated carbocycles. The smallest absolute Gasteiger partial charge is 0.374 e. The molecule has 6 aromatic rings. The van der Waals surface area contributed by atoms with Crippen LogP contribution in [0.2, 0.25) is 6.82 Å². The molecule has 0 bridgehead atoms. The third-order valence-corrected chi connectivity index (χ3v) is 18.0. The molecular weight excluding hydrogens is 1160 g/mol. The van der Waals surface area contributed by atoms with Crippen LogP contribution >= 0.6 is 0 Å². The van der Waals surface area contributed by atoms with E-state index in [0.29, 0.717) is 46.4 Å². The lowest BCUT2D eigenvalue weighted by molar-refractivity contribution is -0.151. The summed E-state index contributed by atoms with van der Waals surface area (Å²) < 4.78 is 17.6. The van der Waals surface area contributed by atoms with Gasteiger partial charge >= 0.3 is 19.0 Å². The van der Waals surface area contributed by atoms with Crippen molar-refractivity contribution in [1.82, 2.24) is 55.0 Å². The van der Waals surface area contributed by atoms with Crippen LogP contribution < -0.4 is 32.2 Å². The largest absolute Gasteiger partial charge is 0.441 e. The van der Waals surface area contributed by atoms with Gasteiger partial charge in [-0.25, -0.2) is 9.36 Å². The quantitative estimate of drug-likeness (QED) is 0.0178. The monoisotopic (exact) mass is 1250 g/mol. The second kappa shape index (κ2) is 29.1. The zero-order valence-corrected chi connectivity index (χ0v) is 55.0. The molecule has 0 saturated heterocycles. The molecule has 4 heterocycles. The topological polar surface area (TPSA) is 299 Å². The van der Waals surface area contributed by atoms with E-state index in [0.717, 1.165) is 96.4 Å². The molecule has 2 aromatic carbocycles. The highest BCUT2D eigenvalue weighted by molar-refractivity contribution is 6.46. The fourth-order valence-electron chi connectivity index (χ4n) is 12.6. The third-order valence-electron chi connectivity index (χ3n) is 18.0. The first kappa shape index (κ1) is 67.4. The van der Waals surface area contributed by atoms with E-state index in [1.54, 1.807) is 50.1 Å². The van der Waals surface area contributed by atoms with Gasteiger partial charge in [-0.3, -0.25) is 38.1 Å². The molecule has 4 atom stereocenters. The van der Waals surface area contributed by atoms with E-state index in [1.165, 1.54) is 0 Å².